The first-order chi connectivity index (χ1) is 7.18. The van der Waals surface area contributed by atoms with E-state index in [0.717, 1.165) is 18.8 Å². The van der Waals surface area contributed by atoms with Gasteiger partial charge in [0.2, 0.25) is 0 Å². The fraction of sp³-hybridized carbons (Fsp3) is 0.538. The van der Waals surface area contributed by atoms with Crippen molar-refractivity contribution in [3.05, 3.63) is 23.8 Å². The number of nitrogens with zero attached hydrogens (tertiary/aromatic N) is 1. The van der Waals surface area contributed by atoms with Crippen LogP contribution in [0.5, 0.6) is 0 Å². The maximum Gasteiger partial charge on any atom is 0.0632 e. The average Bonchev–Trinajstić information content (AvgIpc) is 2.17. The van der Waals surface area contributed by atoms with E-state index < -0.39 is 0 Å². The minimum absolute atomic E-state index is 0.690. The zero-order valence-electron chi connectivity index (χ0n) is 9.66. The molecule has 0 spiro atoms. The van der Waals surface area contributed by atoms with Gasteiger partial charge < -0.3 is 10.6 Å². The molecule has 1 aromatic carbocycles. The largest absolute Gasteiger partial charge is 0.397 e. The van der Waals surface area contributed by atoms with E-state index in [1.165, 1.54) is 24.1 Å². The smallest absolute Gasteiger partial charge is 0.0632 e. The highest BCUT2D eigenvalue weighted by Crippen LogP contribution is 2.32. The third-order valence-electron chi connectivity index (χ3n) is 2.93. The first-order valence-electron chi connectivity index (χ1n) is 5.81. The van der Waals surface area contributed by atoms with Crippen molar-refractivity contribution >= 4 is 11.4 Å². The molecule has 0 saturated heterocycles. The minimum Gasteiger partial charge on any atom is -0.397 e. The van der Waals surface area contributed by atoms with Crippen LogP contribution in [0.4, 0.5) is 11.4 Å². The molecule has 1 aliphatic heterocycles. The summed E-state index contributed by atoms with van der Waals surface area (Å²) in [5.41, 5.74) is 9.71. The molecule has 0 aliphatic carbocycles. The molecule has 0 amide bonds. The normalized spacial score (nSPS) is 15.5. The standard InChI is InChI=1S/C13H20N2/c1-10(2)9-15-8-4-6-11-5-3-7-12(14)13(11)15/h3,5,7,10H,4,6,8-9,14H2,1-2H3. The SMILES string of the molecule is CC(C)CN1CCCc2cccc(N)c21. The van der Waals surface area contributed by atoms with Gasteiger partial charge in [0, 0.05) is 13.1 Å². The molecule has 1 heterocycles. The van der Waals surface area contributed by atoms with E-state index in [1.54, 1.807) is 0 Å². The van der Waals surface area contributed by atoms with Gasteiger partial charge in [-0.25, -0.2) is 0 Å². The second kappa shape index (κ2) is 4.13. The lowest BCUT2D eigenvalue weighted by Crippen LogP contribution is -2.33. The molecular weight excluding hydrogens is 184 g/mol. The number of rotatable bonds is 2. The van der Waals surface area contributed by atoms with Gasteiger partial charge in [0.15, 0.2) is 0 Å². The predicted molar refractivity (Wildman–Crippen MR) is 66.2 cm³/mol. The van der Waals surface area contributed by atoms with Gasteiger partial charge in [-0.05, 0) is 30.4 Å². The molecule has 2 heteroatoms. The Labute approximate surface area is 92.1 Å². The fourth-order valence-electron chi connectivity index (χ4n) is 2.39. The Bertz CT molecular complexity index is 344. The summed E-state index contributed by atoms with van der Waals surface area (Å²) < 4.78 is 0. The molecule has 0 unspecified atom stereocenters. The molecule has 0 atom stereocenters. The number of aryl methyl sites for hydroxylation is 1. The molecule has 2 rings (SSSR count). The van der Waals surface area contributed by atoms with Crippen LogP contribution in [0.15, 0.2) is 18.2 Å². The monoisotopic (exact) mass is 204 g/mol. The molecule has 0 fully saturated rings. The Kier molecular flexibility index (Phi) is 2.85. The topological polar surface area (TPSA) is 29.3 Å². The Morgan fingerprint density at radius 1 is 1.40 bits per heavy atom. The van der Waals surface area contributed by atoms with Crippen molar-refractivity contribution in [2.45, 2.75) is 26.7 Å². The first-order valence-corrected chi connectivity index (χ1v) is 5.81. The predicted octanol–water partition coefficient (Wildman–Crippen LogP) is 2.68. The van der Waals surface area contributed by atoms with Crippen molar-refractivity contribution in [3.8, 4) is 0 Å². The highest BCUT2D eigenvalue weighted by molar-refractivity contribution is 5.72. The minimum atomic E-state index is 0.690. The highest BCUT2D eigenvalue weighted by atomic mass is 15.1. The van der Waals surface area contributed by atoms with Gasteiger partial charge in [-0.3, -0.25) is 0 Å². The number of hydrogen-bond donors (Lipinski definition) is 1. The zero-order valence-corrected chi connectivity index (χ0v) is 9.66. The quantitative estimate of drug-likeness (QED) is 0.750. The van der Waals surface area contributed by atoms with Gasteiger partial charge in [-0.15, -0.1) is 0 Å². The summed E-state index contributed by atoms with van der Waals surface area (Å²) in [6, 6.07) is 6.28. The van der Waals surface area contributed by atoms with Crippen LogP contribution in [0.25, 0.3) is 0 Å². The Morgan fingerprint density at radius 2 is 2.20 bits per heavy atom. The second-order valence-corrected chi connectivity index (χ2v) is 4.80. The molecule has 15 heavy (non-hydrogen) atoms. The molecule has 0 radical (unpaired) electrons. The number of hydrogen-bond acceptors (Lipinski definition) is 2. The summed E-state index contributed by atoms with van der Waals surface area (Å²) >= 11 is 0. The summed E-state index contributed by atoms with van der Waals surface area (Å²) in [6.45, 7) is 6.78. The van der Waals surface area contributed by atoms with Crippen molar-refractivity contribution in [1.29, 1.82) is 0 Å². The van der Waals surface area contributed by atoms with Crippen molar-refractivity contribution < 1.29 is 0 Å². The summed E-state index contributed by atoms with van der Waals surface area (Å²) in [4.78, 5) is 2.44. The Hall–Kier alpha value is -1.18. The molecule has 82 valence electrons. The Morgan fingerprint density at radius 3 is 2.93 bits per heavy atom. The maximum atomic E-state index is 6.07. The number of fused-ring (bicyclic) bond motifs is 1. The van der Waals surface area contributed by atoms with Crippen LogP contribution >= 0.6 is 0 Å². The number of benzene rings is 1. The van der Waals surface area contributed by atoms with Gasteiger partial charge in [-0.1, -0.05) is 26.0 Å². The van der Waals surface area contributed by atoms with Crippen molar-refractivity contribution in [2.24, 2.45) is 5.92 Å². The third kappa shape index (κ3) is 2.09. The summed E-state index contributed by atoms with van der Waals surface area (Å²) in [5.74, 6) is 0.690. The van der Waals surface area contributed by atoms with Crippen LogP contribution in [0.3, 0.4) is 0 Å². The number of anilines is 2. The van der Waals surface area contributed by atoms with Gasteiger partial charge in [0.1, 0.15) is 0 Å². The van der Waals surface area contributed by atoms with Gasteiger partial charge in [0.05, 0.1) is 11.4 Å². The van der Waals surface area contributed by atoms with E-state index in [0.29, 0.717) is 5.92 Å². The summed E-state index contributed by atoms with van der Waals surface area (Å²) in [6.07, 6.45) is 2.43. The summed E-state index contributed by atoms with van der Waals surface area (Å²) in [5, 5.41) is 0. The second-order valence-electron chi connectivity index (χ2n) is 4.80. The van der Waals surface area contributed by atoms with Crippen LogP contribution in [0.2, 0.25) is 0 Å². The molecule has 0 bridgehead atoms. The number of nitrogen functional groups attached to an aromatic ring is 1. The molecule has 2 N–H and O–H groups in total. The van der Waals surface area contributed by atoms with Crippen LogP contribution in [0, 0.1) is 5.92 Å². The van der Waals surface area contributed by atoms with Crippen LogP contribution in [-0.2, 0) is 6.42 Å². The lowest BCUT2D eigenvalue weighted by molar-refractivity contribution is 0.585. The zero-order chi connectivity index (χ0) is 10.8. The number of nitrogens with two attached hydrogens (primary N) is 1. The van der Waals surface area contributed by atoms with E-state index in [4.69, 9.17) is 5.73 Å². The average molecular weight is 204 g/mol. The van der Waals surface area contributed by atoms with Crippen molar-refractivity contribution in [1.82, 2.24) is 0 Å². The molecular formula is C13H20N2. The van der Waals surface area contributed by atoms with Crippen LogP contribution < -0.4 is 10.6 Å². The van der Waals surface area contributed by atoms with Gasteiger partial charge in [0.25, 0.3) is 0 Å². The van der Waals surface area contributed by atoms with E-state index in [1.807, 2.05) is 6.07 Å². The van der Waals surface area contributed by atoms with Gasteiger partial charge >= 0.3 is 0 Å². The first kappa shape index (κ1) is 10.3. The Balaban J connectivity index is 2.32. The van der Waals surface area contributed by atoms with Crippen LogP contribution in [-0.4, -0.2) is 13.1 Å². The molecule has 0 saturated carbocycles. The van der Waals surface area contributed by atoms with E-state index in [-0.39, 0.29) is 0 Å². The van der Waals surface area contributed by atoms with E-state index >= 15 is 0 Å². The van der Waals surface area contributed by atoms with Crippen LogP contribution in [0.1, 0.15) is 25.8 Å². The lowest BCUT2D eigenvalue weighted by Gasteiger charge is -2.33. The molecule has 2 nitrogen and oxygen atoms in total. The molecule has 0 aromatic heterocycles. The summed E-state index contributed by atoms with van der Waals surface area (Å²) in [7, 11) is 0. The van der Waals surface area contributed by atoms with Gasteiger partial charge in [-0.2, -0.15) is 0 Å². The maximum absolute atomic E-state index is 6.07. The van der Waals surface area contributed by atoms with E-state index in [9.17, 15) is 0 Å². The third-order valence-corrected chi connectivity index (χ3v) is 2.93. The van der Waals surface area contributed by atoms with Crippen molar-refractivity contribution in [2.75, 3.05) is 23.7 Å². The highest BCUT2D eigenvalue weighted by Gasteiger charge is 2.19. The lowest BCUT2D eigenvalue weighted by atomic mass is 9.99. The fourth-order valence-corrected chi connectivity index (χ4v) is 2.39. The van der Waals surface area contributed by atoms with E-state index in [2.05, 4.69) is 30.9 Å². The number of para-hydroxylation sites is 1. The molecule has 1 aromatic rings. The van der Waals surface area contributed by atoms with Crippen molar-refractivity contribution in [3.63, 3.8) is 0 Å². The molecule has 1 aliphatic rings.